The Morgan fingerprint density at radius 2 is 2.00 bits per heavy atom. The maximum absolute atomic E-state index is 12.0. The minimum Gasteiger partial charge on any atom is -0.444 e. The number of amides is 1. The van der Waals surface area contributed by atoms with Gasteiger partial charge >= 0.3 is 6.09 Å². The molecule has 1 aliphatic heterocycles. The van der Waals surface area contributed by atoms with E-state index in [9.17, 15) is 4.79 Å². The van der Waals surface area contributed by atoms with Crippen molar-refractivity contribution in [3.8, 4) is 0 Å². The number of hydrogen-bond donors (Lipinski definition) is 0. The zero-order valence-corrected chi connectivity index (χ0v) is 11.8. The quantitative estimate of drug-likeness (QED) is 0.707. The molecule has 1 amide bonds. The lowest BCUT2D eigenvalue weighted by Crippen LogP contribution is -2.45. The number of carbonyl (C=O) groups excluding carboxylic acids is 1. The number of likely N-dealkylation sites (tertiary alicyclic amines) is 1. The molecule has 1 saturated heterocycles. The first kappa shape index (κ1) is 14.3. The third-order valence-corrected chi connectivity index (χ3v) is 3.08. The van der Waals surface area contributed by atoms with Crippen molar-refractivity contribution in [3.63, 3.8) is 0 Å². The summed E-state index contributed by atoms with van der Waals surface area (Å²) < 4.78 is 5.40. The predicted molar refractivity (Wildman–Crippen MR) is 69.1 cm³/mol. The van der Waals surface area contributed by atoms with E-state index in [-0.39, 0.29) is 12.1 Å². The Balaban J connectivity index is 2.55. The van der Waals surface area contributed by atoms with Crippen molar-refractivity contribution in [2.24, 2.45) is 0 Å². The van der Waals surface area contributed by atoms with Crippen molar-refractivity contribution < 1.29 is 9.53 Å². The Morgan fingerprint density at radius 3 is 2.59 bits per heavy atom. The summed E-state index contributed by atoms with van der Waals surface area (Å²) in [5.41, 5.74) is -0.415. The molecule has 0 radical (unpaired) electrons. The van der Waals surface area contributed by atoms with Gasteiger partial charge in [0, 0.05) is 19.6 Å². The SMILES string of the molecule is CN1CCCCC(N(C)C(=O)OC(C)(C)C)C1. The molecule has 1 rings (SSSR count). The Kier molecular flexibility index (Phi) is 4.80. The summed E-state index contributed by atoms with van der Waals surface area (Å²) in [5, 5.41) is 0. The molecule has 100 valence electrons. The number of nitrogens with zero attached hydrogens (tertiary/aromatic N) is 2. The van der Waals surface area contributed by atoms with Gasteiger partial charge in [-0.05, 0) is 47.2 Å². The van der Waals surface area contributed by atoms with E-state index < -0.39 is 5.60 Å². The van der Waals surface area contributed by atoms with Crippen LogP contribution in [0.4, 0.5) is 4.79 Å². The van der Waals surface area contributed by atoms with E-state index in [1.54, 1.807) is 4.90 Å². The molecule has 1 heterocycles. The van der Waals surface area contributed by atoms with Gasteiger partial charge in [0.05, 0.1) is 0 Å². The van der Waals surface area contributed by atoms with Crippen LogP contribution in [0.25, 0.3) is 0 Å². The first-order valence-corrected chi connectivity index (χ1v) is 6.44. The second-order valence-electron chi connectivity index (χ2n) is 6.00. The number of ether oxygens (including phenoxy) is 1. The van der Waals surface area contributed by atoms with Gasteiger partial charge in [-0.2, -0.15) is 0 Å². The smallest absolute Gasteiger partial charge is 0.410 e. The molecule has 0 saturated carbocycles. The molecule has 1 fully saturated rings. The number of likely N-dealkylation sites (N-methyl/N-ethyl adjacent to an activating group) is 2. The second-order valence-corrected chi connectivity index (χ2v) is 6.00. The third kappa shape index (κ3) is 4.94. The maximum Gasteiger partial charge on any atom is 0.410 e. The van der Waals surface area contributed by atoms with Crippen LogP contribution in [0.3, 0.4) is 0 Å². The van der Waals surface area contributed by atoms with Gasteiger partial charge in [0.25, 0.3) is 0 Å². The molecule has 0 N–H and O–H groups in total. The summed E-state index contributed by atoms with van der Waals surface area (Å²) in [6.45, 7) is 7.77. The van der Waals surface area contributed by atoms with E-state index in [1.807, 2.05) is 27.8 Å². The minimum absolute atomic E-state index is 0.210. The van der Waals surface area contributed by atoms with Crippen LogP contribution in [0.15, 0.2) is 0 Å². The summed E-state index contributed by atoms with van der Waals surface area (Å²) >= 11 is 0. The maximum atomic E-state index is 12.0. The molecule has 1 atom stereocenters. The highest BCUT2D eigenvalue weighted by atomic mass is 16.6. The molecule has 4 heteroatoms. The van der Waals surface area contributed by atoms with Gasteiger partial charge in [0.15, 0.2) is 0 Å². The lowest BCUT2D eigenvalue weighted by atomic mass is 10.1. The van der Waals surface area contributed by atoms with Crippen LogP contribution in [0.5, 0.6) is 0 Å². The molecule has 0 aliphatic carbocycles. The topological polar surface area (TPSA) is 32.8 Å². The Bertz CT molecular complexity index is 261. The van der Waals surface area contributed by atoms with Gasteiger partial charge in [0.2, 0.25) is 0 Å². The highest BCUT2D eigenvalue weighted by molar-refractivity contribution is 5.68. The minimum atomic E-state index is -0.415. The van der Waals surface area contributed by atoms with E-state index >= 15 is 0 Å². The molecule has 0 bridgehead atoms. The summed E-state index contributed by atoms with van der Waals surface area (Å²) in [6, 6.07) is 0.275. The van der Waals surface area contributed by atoms with Gasteiger partial charge in [-0.25, -0.2) is 4.79 Å². The Hall–Kier alpha value is -0.770. The van der Waals surface area contributed by atoms with Crippen LogP contribution in [0.1, 0.15) is 40.0 Å². The first-order chi connectivity index (χ1) is 7.79. The van der Waals surface area contributed by atoms with Gasteiger partial charge < -0.3 is 14.5 Å². The Labute approximate surface area is 105 Å². The van der Waals surface area contributed by atoms with Crippen molar-refractivity contribution in [2.45, 2.75) is 51.7 Å². The molecule has 0 aromatic carbocycles. The zero-order chi connectivity index (χ0) is 13.1. The summed E-state index contributed by atoms with van der Waals surface area (Å²) in [6.07, 6.45) is 3.26. The first-order valence-electron chi connectivity index (χ1n) is 6.44. The molecule has 1 unspecified atom stereocenters. The van der Waals surface area contributed by atoms with E-state index in [4.69, 9.17) is 4.74 Å². The average Bonchev–Trinajstić information content (AvgIpc) is 2.39. The van der Waals surface area contributed by atoms with Crippen molar-refractivity contribution in [3.05, 3.63) is 0 Å². The van der Waals surface area contributed by atoms with Gasteiger partial charge in [-0.1, -0.05) is 6.42 Å². The standard InChI is InChI=1S/C13H26N2O2/c1-13(2,3)17-12(16)15(5)11-8-6-7-9-14(4)10-11/h11H,6-10H2,1-5H3. The molecule has 0 aromatic heterocycles. The lowest BCUT2D eigenvalue weighted by molar-refractivity contribution is 0.0197. The molecule has 1 aliphatic rings. The van der Waals surface area contributed by atoms with Gasteiger partial charge in [0.1, 0.15) is 5.60 Å². The Morgan fingerprint density at radius 1 is 1.35 bits per heavy atom. The van der Waals surface area contributed by atoms with Crippen LogP contribution in [-0.4, -0.2) is 54.7 Å². The lowest BCUT2D eigenvalue weighted by Gasteiger charge is -2.31. The second kappa shape index (κ2) is 5.71. The van der Waals surface area contributed by atoms with Crippen LogP contribution in [0, 0.1) is 0 Å². The summed E-state index contributed by atoms with van der Waals surface area (Å²) in [7, 11) is 3.96. The molecule has 4 nitrogen and oxygen atoms in total. The normalized spacial score (nSPS) is 23.0. The van der Waals surface area contributed by atoms with E-state index in [0.717, 1.165) is 19.5 Å². The summed E-state index contributed by atoms with van der Waals surface area (Å²) in [4.78, 5) is 16.0. The molecule has 0 aromatic rings. The van der Waals surface area contributed by atoms with Gasteiger partial charge in [-0.15, -0.1) is 0 Å². The number of hydrogen-bond acceptors (Lipinski definition) is 3. The highest BCUT2D eigenvalue weighted by Crippen LogP contribution is 2.17. The van der Waals surface area contributed by atoms with Gasteiger partial charge in [-0.3, -0.25) is 0 Å². The predicted octanol–water partition coefficient (Wildman–Crippen LogP) is 2.34. The highest BCUT2D eigenvalue weighted by Gasteiger charge is 2.26. The van der Waals surface area contributed by atoms with Crippen molar-refractivity contribution in [1.82, 2.24) is 9.80 Å². The van der Waals surface area contributed by atoms with Crippen molar-refractivity contribution in [2.75, 3.05) is 27.2 Å². The van der Waals surface area contributed by atoms with E-state index in [2.05, 4.69) is 11.9 Å². The van der Waals surface area contributed by atoms with Crippen molar-refractivity contribution in [1.29, 1.82) is 0 Å². The van der Waals surface area contributed by atoms with Crippen LogP contribution >= 0.6 is 0 Å². The molecular weight excluding hydrogens is 216 g/mol. The monoisotopic (exact) mass is 242 g/mol. The van der Waals surface area contributed by atoms with Crippen LogP contribution in [0.2, 0.25) is 0 Å². The fraction of sp³-hybridized carbons (Fsp3) is 0.923. The fourth-order valence-electron chi connectivity index (χ4n) is 2.10. The molecular formula is C13H26N2O2. The molecule has 17 heavy (non-hydrogen) atoms. The third-order valence-electron chi connectivity index (χ3n) is 3.08. The zero-order valence-electron chi connectivity index (χ0n) is 11.8. The summed E-state index contributed by atoms with van der Waals surface area (Å²) in [5.74, 6) is 0. The van der Waals surface area contributed by atoms with Crippen molar-refractivity contribution >= 4 is 6.09 Å². The van der Waals surface area contributed by atoms with E-state index in [0.29, 0.717) is 0 Å². The van der Waals surface area contributed by atoms with E-state index in [1.165, 1.54) is 12.8 Å². The fourth-order valence-corrected chi connectivity index (χ4v) is 2.10. The largest absolute Gasteiger partial charge is 0.444 e. The average molecular weight is 242 g/mol. The molecule has 0 spiro atoms. The van der Waals surface area contributed by atoms with Crippen LogP contribution in [-0.2, 0) is 4.74 Å². The van der Waals surface area contributed by atoms with Crippen LogP contribution < -0.4 is 0 Å². The number of rotatable bonds is 1. The number of carbonyl (C=O) groups is 1.